The Kier molecular flexibility index (Phi) is 3.20. The van der Waals surface area contributed by atoms with Gasteiger partial charge in [0, 0.05) is 5.69 Å². The van der Waals surface area contributed by atoms with Crippen LogP contribution in [0.15, 0.2) is 40.5 Å². The van der Waals surface area contributed by atoms with E-state index in [1.807, 2.05) is 0 Å². The molecule has 0 aliphatic carbocycles. The summed E-state index contributed by atoms with van der Waals surface area (Å²) < 4.78 is 37.2. The molecule has 0 unspecified atom stereocenters. The number of aromatic nitrogens is 4. The van der Waals surface area contributed by atoms with Crippen LogP contribution in [0, 0.1) is 0 Å². The van der Waals surface area contributed by atoms with Gasteiger partial charge in [-0.05, 0) is 42.1 Å². The minimum atomic E-state index is -4.49. The quantitative estimate of drug-likeness (QED) is 0.711. The largest absolute Gasteiger partial charge is 0.435 e. The van der Waals surface area contributed by atoms with Crippen LogP contribution in [0.2, 0.25) is 0 Å². The maximum absolute atomic E-state index is 12.4. The summed E-state index contributed by atoms with van der Waals surface area (Å²) in [4.78, 5) is 7.29. The number of halogens is 3. The van der Waals surface area contributed by atoms with E-state index in [-0.39, 0.29) is 0 Å². The highest BCUT2D eigenvalue weighted by Crippen LogP contribution is 2.30. The first-order chi connectivity index (χ1) is 9.91. The Morgan fingerprint density at radius 1 is 1.10 bits per heavy atom. The molecule has 0 saturated heterocycles. The topological polar surface area (TPSA) is 80.5 Å². The molecule has 3 aromatic rings. The third kappa shape index (κ3) is 2.92. The van der Waals surface area contributed by atoms with Crippen molar-refractivity contribution in [2.75, 3.05) is 5.73 Å². The van der Waals surface area contributed by atoms with Crippen LogP contribution in [0.4, 0.5) is 18.9 Å². The van der Waals surface area contributed by atoms with Crippen LogP contribution in [0.5, 0.6) is 0 Å². The van der Waals surface area contributed by atoms with Crippen molar-refractivity contribution in [3.05, 3.63) is 36.0 Å². The second-order valence-electron chi connectivity index (χ2n) is 4.18. The van der Waals surface area contributed by atoms with Crippen molar-refractivity contribution in [1.82, 2.24) is 20.2 Å². The molecule has 0 aliphatic rings. The molecule has 5 nitrogen and oxygen atoms in total. The van der Waals surface area contributed by atoms with Crippen molar-refractivity contribution in [2.24, 2.45) is 0 Å². The van der Waals surface area contributed by atoms with Crippen LogP contribution in [0.3, 0.4) is 0 Å². The fraction of sp³-hybridized carbons (Fsp3) is 0.0833. The van der Waals surface area contributed by atoms with Gasteiger partial charge in [0.2, 0.25) is 0 Å². The Morgan fingerprint density at radius 3 is 2.57 bits per heavy atom. The molecule has 0 aliphatic heterocycles. The monoisotopic (exact) mass is 311 g/mol. The number of alkyl halides is 3. The summed E-state index contributed by atoms with van der Waals surface area (Å²) in [5.41, 5.74) is 6.69. The van der Waals surface area contributed by atoms with Crippen LogP contribution >= 0.6 is 11.8 Å². The SMILES string of the molecule is Nc1ccc2nc(Sc3ccc(C(F)(F)F)nn3)[nH]c2c1. The van der Waals surface area contributed by atoms with Crippen molar-refractivity contribution in [1.29, 1.82) is 0 Å². The first-order valence-electron chi connectivity index (χ1n) is 5.76. The first-order valence-corrected chi connectivity index (χ1v) is 6.57. The van der Waals surface area contributed by atoms with Crippen molar-refractivity contribution in [3.8, 4) is 0 Å². The average molecular weight is 311 g/mol. The molecule has 0 saturated carbocycles. The van der Waals surface area contributed by atoms with E-state index in [0.29, 0.717) is 21.4 Å². The number of fused-ring (bicyclic) bond motifs is 1. The Balaban J connectivity index is 1.84. The second kappa shape index (κ2) is 4.92. The number of benzene rings is 1. The van der Waals surface area contributed by atoms with Crippen molar-refractivity contribution in [3.63, 3.8) is 0 Å². The number of H-pyrrole nitrogens is 1. The van der Waals surface area contributed by atoms with Gasteiger partial charge in [0.15, 0.2) is 10.9 Å². The van der Waals surface area contributed by atoms with E-state index in [9.17, 15) is 13.2 Å². The summed E-state index contributed by atoms with van der Waals surface area (Å²) in [5.74, 6) is 0. The summed E-state index contributed by atoms with van der Waals surface area (Å²) in [5, 5.41) is 7.51. The predicted octanol–water partition coefficient (Wildman–Crippen LogP) is 3.11. The lowest BCUT2D eigenvalue weighted by atomic mass is 10.3. The van der Waals surface area contributed by atoms with E-state index < -0.39 is 11.9 Å². The maximum Gasteiger partial charge on any atom is 0.435 e. The molecule has 0 radical (unpaired) electrons. The molecule has 0 amide bonds. The van der Waals surface area contributed by atoms with Gasteiger partial charge in [-0.15, -0.1) is 10.2 Å². The molecule has 108 valence electrons. The molecule has 21 heavy (non-hydrogen) atoms. The maximum atomic E-state index is 12.4. The third-order valence-electron chi connectivity index (χ3n) is 2.62. The highest BCUT2D eigenvalue weighted by molar-refractivity contribution is 7.99. The molecular formula is C12H8F3N5S. The van der Waals surface area contributed by atoms with Gasteiger partial charge in [0.25, 0.3) is 0 Å². The highest BCUT2D eigenvalue weighted by Gasteiger charge is 2.32. The van der Waals surface area contributed by atoms with Crippen LogP contribution in [-0.2, 0) is 6.18 Å². The number of nitrogens with two attached hydrogens (primary N) is 1. The van der Waals surface area contributed by atoms with Gasteiger partial charge in [-0.2, -0.15) is 13.2 Å². The smallest absolute Gasteiger partial charge is 0.399 e. The van der Waals surface area contributed by atoms with E-state index in [0.717, 1.165) is 23.3 Å². The van der Waals surface area contributed by atoms with Gasteiger partial charge < -0.3 is 10.7 Å². The zero-order chi connectivity index (χ0) is 15.0. The minimum absolute atomic E-state index is 0.315. The molecule has 3 rings (SSSR count). The normalized spacial score (nSPS) is 12.0. The van der Waals surface area contributed by atoms with Crippen LogP contribution in [0.1, 0.15) is 5.69 Å². The predicted molar refractivity (Wildman–Crippen MR) is 71.7 cm³/mol. The summed E-state index contributed by atoms with van der Waals surface area (Å²) in [6.45, 7) is 0. The molecule has 0 bridgehead atoms. The lowest BCUT2D eigenvalue weighted by Gasteiger charge is -2.04. The van der Waals surface area contributed by atoms with Crippen molar-refractivity contribution >= 4 is 28.5 Å². The van der Waals surface area contributed by atoms with Gasteiger partial charge >= 0.3 is 6.18 Å². The average Bonchev–Trinajstić information content (AvgIpc) is 2.79. The number of nitrogens with zero attached hydrogens (tertiary/aromatic N) is 3. The molecular weight excluding hydrogens is 303 g/mol. The van der Waals surface area contributed by atoms with Gasteiger partial charge in [-0.25, -0.2) is 4.98 Å². The fourth-order valence-electron chi connectivity index (χ4n) is 1.68. The lowest BCUT2D eigenvalue weighted by Crippen LogP contribution is -2.08. The van der Waals surface area contributed by atoms with E-state index >= 15 is 0 Å². The Morgan fingerprint density at radius 2 is 1.90 bits per heavy atom. The summed E-state index contributed by atoms with van der Waals surface area (Å²) in [6.07, 6.45) is -4.49. The first kappa shape index (κ1) is 13.7. The Hall–Kier alpha value is -2.29. The van der Waals surface area contributed by atoms with Crippen molar-refractivity contribution in [2.45, 2.75) is 16.4 Å². The number of rotatable bonds is 2. The molecule has 1 aromatic carbocycles. The number of anilines is 1. The van der Waals surface area contributed by atoms with Gasteiger partial charge in [0.1, 0.15) is 5.03 Å². The van der Waals surface area contributed by atoms with Crippen LogP contribution < -0.4 is 5.73 Å². The number of nitrogen functional groups attached to an aromatic ring is 1. The minimum Gasteiger partial charge on any atom is -0.399 e. The van der Waals surface area contributed by atoms with Crippen molar-refractivity contribution < 1.29 is 13.2 Å². The van der Waals surface area contributed by atoms with E-state index in [1.165, 1.54) is 6.07 Å². The van der Waals surface area contributed by atoms with Gasteiger partial charge in [0.05, 0.1) is 11.0 Å². The van der Waals surface area contributed by atoms with Gasteiger partial charge in [-0.3, -0.25) is 0 Å². The summed E-state index contributed by atoms with van der Waals surface area (Å²) >= 11 is 1.09. The fourth-order valence-corrected chi connectivity index (χ4v) is 2.40. The number of imidazole rings is 1. The molecule has 0 fully saturated rings. The van der Waals surface area contributed by atoms with E-state index in [2.05, 4.69) is 20.2 Å². The number of hydrogen-bond acceptors (Lipinski definition) is 5. The van der Waals surface area contributed by atoms with Crippen LogP contribution in [-0.4, -0.2) is 20.2 Å². The van der Waals surface area contributed by atoms with E-state index in [4.69, 9.17) is 5.73 Å². The standard InChI is InChI=1S/C12H8F3N5S/c13-12(14,15)9-3-4-10(20-19-9)21-11-17-7-2-1-6(16)5-8(7)18-11/h1-5H,16H2,(H,17,18). The summed E-state index contributed by atoms with van der Waals surface area (Å²) in [6, 6.07) is 7.34. The Labute approximate surface area is 120 Å². The zero-order valence-electron chi connectivity index (χ0n) is 10.3. The summed E-state index contributed by atoms with van der Waals surface area (Å²) in [7, 11) is 0. The Bertz CT molecular complexity index is 782. The molecule has 2 aromatic heterocycles. The highest BCUT2D eigenvalue weighted by atomic mass is 32.2. The van der Waals surface area contributed by atoms with Gasteiger partial charge in [-0.1, -0.05) is 0 Å². The van der Waals surface area contributed by atoms with Crippen LogP contribution in [0.25, 0.3) is 11.0 Å². The molecule has 9 heteroatoms. The third-order valence-corrected chi connectivity index (χ3v) is 3.43. The zero-order valence-corrected chi connectivity index (χ0v) is 11.2. The van der Waals surface area contributed by atoms with E-state index in [1.54, 1.807) is 18.2 Å². The second-order valence-corrected chi connectivity index (χ2v) is 5.18. The molecule has 3 N–H and O–H groups in total. The molecule has 0 spiro atoms. The molecule has 2 heterocycles. The number of aromatic amines is 1. The lowest BCUT2D eigenvalue weighted by molar-refractivity contribution is -0.141. The number of nitrogens with one attached hydrogen (secondary N) is 1. The molecule has 0 atom stereocenters. The number of hydrogen-bond donors (Lipinski definition) is 2.